The van der Waals surface area contributed by atoms with Gasteiger partial charge in [0.25, 0.3) is 0 Å². The van der Waals surface area contributed by atoms with E-state index >= 15 is 0 Å². The Hall–Kier alpha value is -8.40. The number of para-hydroxylation sites is 5. The Labute approximate surface area is 372 Å². The fraction of sp³-hybridized carbons (Fsp3) is 0.0164. The molecule has 2 aliphatic rings. The summed E-state index contributed by atoms with van der Waals surface area (Å²) in [6.07, 6.45) is 0. The fourth-order valence-electron chi connectivity index (χ4n) is 10.9. The summed E-state index contributed by atoms with van der Waals surface area (Å²) >= 11 is 0. The summed E-state index contributed by atoms with van der Waals surface area (Å²) in [5.74, 6) is 0. The van der Waals surface area contributed by atoms with Crippen LogP contribution in [0.4, 0.5) is 34.1 Å². The SMILES string of the molecule is c1ccc(-c2ccccc2-c2ccccc2N(c2ccc3c(c2)C2(c4ccccc4-3)c3ccccc3N(c3ccccc3)c3ccccc32)c2ccc3oc4ccccc4c3c2)cc1. The molecule has 0 amide bonds. The second-order valence-electron chi connectivity index (χ2n) is 16.8. The highest BCUT2D eigenvalue weighted by molar-refractivity contribution is 6.07. The molecule has 0 unspecified atom stereocenters. The predicted octanol–water partition coefficient (Wildman–Crippen LogP) is 16.5. The van der Waals surface area contributed by atoms with E-state index in [1.54, 1.807) is 0 Å². The van der Waals surface area contributed by atoms with E-state index in [2.05, 4.69) is 246 Å². The van der Waals surface area contributed by atoms with E-state index in [0.29, 0.717) is 0 Å². The molecule has 10 aromatic carbocycles. The van der Waals surface area contributed by atoms with Crippen molar-refractivity contribution in [1.82, 2.24) is 0 Å². The number of hydrogen-bond acceptors (Lipinski definition) is 3. The Kier molecular flexibility index (Phi) is 8.13. The fourth-order valence-corrected chi connectivity index (χ4v) is 10.9. The van der Waals surface area contributed by atoms with Gasteiger partial charge in [0.15, 0.2) is 0 Å². The Morgan fingerprint density at radius 1 is 0.344 bits per heavy atom. The number of fused-ring (bicyclic) bond motifs is 12. The average molecular weight is 817 g/mol. The third-order valence-electron chi connectivity index (χ3n) is 13.5. The molecule has 0 saturated heterocycles. The van der Waals surface area contributed by atoms with Crippen LogP contribution in [0.3, 0.4) is 0 Å². The van der Waals surface area contributed by atoms with Gasteiger partial charge in [-0.2, -0.15) is 0 Å². The molecule has 1 spiro atoms. The van der Waals surface area contributed by atoms with Crippen molar-refractivity contribution in [2.24, 2.45) is 0 Å². The van der Waals surface area contributed by atoms with E-state index in [-0.39, 0.29) is 0 Å². The Morgan fingerprint density at radius 3 is 1.64 bits per heavy atom. The Balaban J connectivity index is 1.10. The third kappa shape index (κ3) is 5.28. The van der Waals surface area contributed by atoms with Crippen LogP contribution in [0.5, 0.6) is 0 Å². The molecular weight excluding hydrogens is 777 g/mol. The third-order valence-corrected chi connectivity index (χ3v) is 13.5. The molecule has 0 N–H and O–H groups in total. The van der Waals surface area contributed by atoms with Gasteiger partial charge in [-0.15, -0.1) is 0 Å². The van der Waals surface area contributed by atoms with Crippen molar-refractivity contribution in [3.05, 3.63) is 265 Å². The number of nitrogens with zero attached hydrogens (tertiary/aromatic N) is 2. The summed E-state index contributed by atoms with van der Waals surface area (Å²) in [6.45, 7) is 0. The standard InChI is InChI=1S/C61H40N2O/c1-3-19-41(20-4-1)45-23-7-8-24-46(45)49-26-10-15-31-56(49)62(43-36-38-60-51(39-43)50-27-11-18-34-59(50)64-60)44-35-37-48-47-25-9-12-28-52(47)61(55(48)40-44)53-29-13-16-32-57(53)63(42-21-5-2-6-22-42)58-33-17-14-30-54(58)61/h1-40H. The van der Waals surface area contributed by atoms with Crippen LogP contribution in [0, 0.1) is 0 Å². The molecule has 11 aromatic rings. The lowest BCUT2D eigenvalue weighted by Gasteiger charge is -2.45. The molecule has 13 rings (SSSR count). The maximum absolute atomic E-state index is 6.41. The maximum atomic E-state index is 6.41. The second kappa shape index (κ2) is 14.3. The van der Waals surface area contributed by atoms with E-state index < -0.39 is 5.41 Å². The zero-order chi connectivity index (χ0) is 42.2. The van der Waals surface area contributed by atoms with Gasteiger partial charge in [-0.1, -0.05) is 176 Å². The van der Waals surface area contributed by atoms with Crippen LogP contribution in [0.2, 0.25) is 0 Å². The minimum atomic E-state index is -0.601. The van der Waals surface area contributed by atoms with Gasteiger partial charge < -0.3 is 14.2 Å². The summed E-state index contributed by atoms with van der Waals surface area (Å²) in [5.41, 5.74) is 20.1. The molecule has 1 aromatic heterocycles. The van der Waals surface area contributed by atoms with Crippen LogP contribution in [-0.4, -0.2) is 0 Å². The normalized spacial score (nSPS) is 13.1. The lowest BCUT2D eigenvalue weighted by atomic mass is 9.64. The summed E-state index contributed by atoms with van der Waals surface area (Å²) in [6, 6.07) is 88.5. The number of furan rings is 1. The smallest absolute Gasteiger partial charge is 0.135 e. The van der Waals surface area contributed by atoms with Crippen molar-refractivity contribution in [2.75, 3.05) is 9.80 Å². The molecule has 0 fully saturated rings. The number of anilines is 6. The zero-order valence-electron chi connectivity index (χ0n) is 34.9. The van der Waals surface area contributed by atoms with Gasteiger partial charge in [0.05, 0.1) is 22.5 Å². The van der Waals surface area contributed by atoms with Gasteiger partial charge in [0, 0.05) is 33.4 Å². The van der Waals surface area contributed by atoms with Crippen LogP contribution in [0.1, 0.15) is 22.3 Å². The molecule has 64 heavy (non-hydrogen) atoms. The highest BCUT2D eigenvalue weighted by Gasteiger charge is 2.51. The molecule has 3 heteroatoms. The van der Waals surface area contributed by atoms with E-state index in [0.717, 1.165) is 50.3 Å². The van der Waals surface area contributed by atoms with Gasteiger partial charge in [-0.05, 0) is 117 Å². The molecule has 1 aliphatic carbocycles. The highest BCUT2D eigenvalue weighted by Crippen LogP contribution is 2.64. The van der Waals surface area contributed by atoms with Gasteiger partial charge in [-0.3, -0.25) is 0 Å². The first-order valence-electron chi connectivity index (χ1n) is 22.0. The first kappa shape index (κ1) is 36.3. The zero-order valence-corrected chi connectivity index (χ0v) is 34.9. The van der Waals surface area contributed by atoms with Crippen LogP contribution < -0.4 is 9.80 Å². The molecule has 2 heterocycles. The Bertz CT molecular complexity index is 3540. The van der Waals surface area contributed by atoms with Crippen LogP contribution >= 0.6 is 0 Å². The monoisotopic (exact) mass is 816 g/mol. The second-order valence-corrected chi connectivity index (χ2v) is 16.8. The molecular formula is C61H40N2O. The van der Waals surface area contributed by atoms with E-state index in [4.69, 9.17) is 4.42 Å². The highest BCUT2D eigenvalue weighted by atomic mass is 16.3. The van der Waals surface area contributed by atoms with E-state index in [1.165, 1.54) is 61.4 Å². The first-order chi connectivity index (χ1) is 31.8. The first-order valence-corrected chi connectivity index (χ1v) is 22.0. The summed E-state index contributed by atoms with van der Waals surface area (Å²) in [7, 11) is 0. The minimum Gasteiger partial charge on any atom is -0.456 e. The molecule has 0 saturated carbocycles. The van der Waals surface area contributed by atoms with E-state index in [9.17, 15) is 0 Å². The number of rotatable bonds is 6. The van der Waals surface area contributed by atoms with Crippen LogP contribution in [0.15, 0.2) is 247 Å². The van der Waals surface area contributed by atoms with Crippen molar-refractivity contribution in [1.29, 1.82) is 0 Å². The molecule has 1 aliphatic heterocycles. The quantitative estimate of drug-likeness (QED) is 0.167. The largest absolute Gasteiger partial charge is 0.456 e. The minimum absolute atomic E-state index is 0.601. The molecule has 3 nitrogen and oxygen atoms in total. The lowest BCUT2D eigenvalue weighted by molar-refractivity contribution is 0.669. The van der Waals surface area contributed by atoms with E-state index in [1.807, 2.05) is 6.07 Å². The predicted molar refractivity (Wildman–Crippen MR) is 265 cm³/mol. The molecule has 0 bridgehead atoms. The van der Waals surface area contributed by atoms with Crippen LogP contribution in [0.25, 0.3) is 55.3 Å². The molecule has 300 valence electrons. The molecule has 0 atom stereocenters. The van der Waals surface area contributed by atoms with Crippen LogP contribution in [-0.2, 0) is 5.41 Å². The Morgan fingerprint density at radius 2 is 0.875 bits per heavy atom. The molecule has 0 radical (unpaired) electrons. The van der Waals surface area contributed by atoms with Gasteiger partial charge >= 0.3 is 0 Å². The van der Waals surface area contributed by atoms with Gasteiger partial charge in [-0.25, -0.2) is 0 Å². The van der Waals surface area contributed by atoms with Crippen molar-refractivity contribution >= 4 is 56.1 Å². The topological polar surface area (TPSA) is 19.6 Å². The van der Waals surface area contributed by atoms with Crippen molar-refractivity contribution < 1.29 is 4.42 Å². The van der Waals surface area contributed by atoms with Gasteiger partial charge in [0.1, 0.15) is 11.2 Å². The number of hydrogen-bond donors (Lipinski definition) is 0. The number of benzene rings is 10. The summed E-state index contributed by atoms with van der Waals surface area (Å²) in [5, 5.41) is 2.19. The lowest BCUT2D eigenvalue weighted by Crippen LogP contribution is -2.36. The van der Waals surface area contributed by atoms with Crippen molar-refractivity contribution in [3.8, 4) is 33.4 Å². The van der Waals surface area contributed by atoms with Crippen molar-refractivity contribution in [3.63, 3.8) is 0 Å². The van der Waals surface area contributed by atoms with Crippen molar-refractivity contribution in [2.45, 2.75) is 5.41 Å². The summed E-state index contributed by atoms with van der Waals surface area (Å²) < 4.78 is 6.41. The average Bonchev–Trinajstić information content (AvgIpc) is 3.88. The summed E-state index contributed by atoms with van der Waals surface area (Å²) in [4.78, 5) is 4.91. The van der Waals surface area contributed by atoms with Gasteiger partial charge in [0.2, 0.25) is 0 Å². The maximum Gasteiger partial charge on any atom is 0.135 e.